The van der Waals surface area contributed by atoms with Crippen LogP contribution < -0.4 is 4.74 Å². The van der Waals surface area contributed by atoms with E-state index >= 15 is 0 Å². The normalized spacial score (nSPS) is 11.5. The van der Waals surface area contributed by atoms with E-state index in [4.69, 9.17) is 16.3 Å². The molecule has 7 heteroatoms. The van der Waals surface area contributed by atoms with E-state index in [0.717, 1.165) is 15.2 Å². The molecule has 2 aromatic carbocycles. The van der Waals surface area contributed by atoms with Crippen molar-refractivity contribution < 1.29 is 13.2 Å². The van der Waals surface area contributed by atoms with Crippen molar-refractivity contribution in [1.82, 2.24) is 9.19 Å². The van der Waals surface area contributed by atoms with E-state index in [2.05, 4.69) is 5.10 Å². The Hall–Kier alpha value is -2.31. The van der Waals surface area contributed by atoms with E-state index in [9.17, 15) is 8.42 Å². The zero-order valence-corrected chi connectivity index (χ0v) is 14.7. The third kappa shape index (κ3) is 3.02. The van der Waals surface area contributed by atoms with Crippen molar-refractivity contribution in [1.29, 1.82) is 0 Å². The van der Waals surface area contributed by atoms with Gasteiger partial charge in [-0.2, -0.15) is 17.6 Å². The molecule has 1 heterocycles. The van der Waals surface area contributed by atoms with Crippen LogP contribution in [0.5, 0.6) is 5.75 Å². The summed E-state index contributed by atoms with van der Waals surface area (Å²) < 4.78 is 31.3. The molecule has 1 aromatic heterocycles. The van der Waals surface area contributed by atoms with Gasteiger partial charge < -0.3 is 4.74 Å². The molecule has 0 bridgehead atoms. The fourth-order valence-electron chi connectivity index (χ4n) is 2.25. The first-order valence-corrected chi connectivity index (χ1v) is 8.94. The Morgan fingerprint density at radius 3 is 2.42 bits per heavy atom. The van der Waals surface area contributed by atoms with Crippen LogP contribution in [0.2, 0.25) is 5.02 Å². The van der Waals surface area contributed by atoms with Gasteiger partial charge in [-0.05, 0) is 36.8 Å². The lowest BCUT2D eigenvalue weighted by Crippen LogP contribution is -2.13. The monoisotopic (exact) mass is 362 g/mol. The Bertz CT molecular complexity index is 979. The van der Waals surface area contributed by atoms with Crippen molar-refractivity contribution in [3.05, 3.63) is 65.4 Å². The number of hydrogen-bond donors (Lipinski definition) is 0. The van der Waals surface area contributed by atoms with Crippen LogP contribution in [0.3, 0.4) is 0 Å². The van der Waals surface area contributed by atoms with Gasteiger partial charge in [0.15, 0.2) is 0 Å². The topological polar surface area (TPSA) is 61.2 Å². The van der Waals surface area contributed by atoms with Crippen molar-refractivity contribution in [3.8, 4) is 16.9 Å². The molecule has 0 aliphatic heterocycles. The highest BCUT2D eigenvalue weighted by Crippen LogP contribution is 2.30. The number of nitrogens with zero attached hydrogens (tertiary/aromatic N) is 2. The van der Waals surface area contributed by atoms with Crippen molar-refractivity contribution in [3.63, 3.8) is 0 Å². The summed E-state index contributed by atoms with van der Waals surface area (Å²) in [6.07, 6.45) is 2.96. The minimum absolute atomic E-state index is 0.190. The Kier molecular flexibility index (Phi) is 4.34. The van der Waals surface area contributed by atoms with Crippen LogP contribution in [0, 0.1) is 6.92 Å². The maximum Gasteiger partial charge on any atom is 0.282 e. The van der Waals surface area contributed by atoms with E-state index in [0.29, 0.717) is 16.3 Å². The van der Waals surface area contributed by atoms with E-state index in [-0.39, 0.29) is 4.90 Å². The molecule has 0 radical (unpaired) electrons. The molecule has 0 aliphatic rings. The maximum atomic E-state index is 12.6. The third-order valence-corrected chi connectivity index (χ3v) is 5.47. The smallest absolute Gasteiger partial charge is 0.282 e. The van der Waals surface area contributed by atoms with Crippen molar-refractivity contribution in [2.24, 2.45) is 0 Å². The van der Waals surface area contributed by atoms with E-state index < -0.39 is 10.0 Å². The Balaban J connectivity index is 1.98. The molecular formula is C17H15ClN2O3S. The van der Waals surface area contributed by atoms with Gasteiger partial charge in [0.25, 0.3) is 10.0 Å². The van der Waals surface area contributed by atoms with E-state index in [1.54, 1.807) is 42.5 Å². The number of aromatic nitrogens is 2. The van der Waals surface area contributed by atoms with Gasteiger partial charge >= 0.3 is 0 Å². The summed E-state index contributed by atoms with van der Waals surface area (Å²) in [7, 11) is -2.18. The van der Waals surface area contributed by atoms with Crippen LogP contribution in [0.4, 0.5) is 0 Å². The van der Waals surface area contributed by atoms with Crippen molar-refractivity contribution in [2.45, 2.75) is 11.8 Å². The number of aryl methyl sites for hydroxylation is 1. The minimum Gasteiger partial charge on any atom is -0.495 e. The van der Waals surface area contributed by atoms with Gasteiger partial charge in [-0.25, -0.2) is 0 Å². The SMILES string of the molecule is COc1ccc(-c2cnn(S(=O)(=O)c3ccc(C)cc3)c2)cc1Cl. The first-order chi connectivity index (χ1) is 11.4. The highest BCUT2D eigenvalue weighted by molar-refractivity contribution is 7.89. The lowest BCUT2D eigenvalue weighted by atomic mass is 10.1. The molecule has 0 N–H and O–H groups in total. The molecule has 3 aromatic rings. The second-order valence-electron chi connectivity index (χ2n) is 5.27. The van der Waals surface area contributed by atoms with Crippen LogP contribution in [0.15, 0.2) is 59.8 Å². The zero-order valence-electron chi connectivity index (χ0n) is 13.1. The van der Waals surface area contributed by atoms with Crippen molar-refractivity contribution in [2.75, 3.05) is 7.11 Å². The molecule has 0 spiro atoms. The molecule has 3 rings (SSSR count). The molecule has 5 nitrogen and oxygen atoms in total. The summed E-state index contributed by atoms with van der Waals surface area (Å²) in [5, 5.41) is 4.44. The van der Waals surface area contributed by atoms with Crippen molar-refractivity contribution >= 4 is 21.6 Å². The lowest BCUT2D eigenvalue weighted by molar-refractivity contribution is 0.415. The summed E-state index contributed by atoms with van der Waals surface area (Å²) in [4.78, 5) is 0.190. The first kappa shape index (κ1) is 16.5. The van der Waals surface area contributed by atoms with Gasteiger partial charge in [0, 0.05) is 5.56 Å². The molecule has 0 atom stereocenters. The van der Waals surface area contributed by atoms with Gasteiger partial charge in [-0.1, -0.05) is 35.4 Å². The van der Waals surface area contributed by atoms with Crippen LogP contribution in [-0.4, -0.2) is 24.7 Å². The summed E-state index contributed by atoms with van der Waals surface area (Å²) in [5.74, 6) is 0.556. The van der Waals surface area contributed by atoms with Gasteiger partial charge in [-0.15, -0.1) is 0 Å². The van der Waals surface area contributed by atoms with Crippen LogP contribution >= 0.6 is 11.6 Å². The Morgan fingerprint density at radius 1 is 1.08 bits per heavy atom. The van der Waals surface area contributed by atoms with E-state index in [1.807, 2.05) is 6.92 Å². The second-order valence-corrected chi connectivity index (χ2v) is 7.47. The number of hydrogen-bond acceptors (Lipinski definition) is 4. The zero-order chi connectivity index (χ0) is 17.3. The number of methoxy groups -OCH3 is 1. The molecule has 0 saturated heterocycles. The molecule has 124 valence electrons. The van der Waals surface area contributed by atoms with E-state index in [1.165, 1.54) is 19.5 Å². The molecular weight excluding hydrogens is 348 g/mol. The predicted octanol–water partition coefficient (Wildman–Crippen LogP) is 3.76. The number of benzene rings is 2. The average molecular weight is 363 g/mol. The fraction of sp³-hybridized carbons (Fsp3) is 0.118. The van der Waals surface area contributed by atoms with Gasteiger partial charge in [0.2, 0.25) is 0 Å². The molecule has 24 heavy (non-hydrogen) atoms. The highest BCUT2D eigenvalue weighted by atomic mass is 35.5. The summed E-state index contributed by atoms with van der Waals surface area (Å²) in [6.45, 7) is 1.90. The third-order valence-electron chi connectivity index (χ3n) is 3.61. The number of rotatable bonds is 4. The number of ether oxygens (including phenoxy) is 1. The quantitative estimate of drug-likeness (QED) is 0.709. The van der Waals surface area contributed by atoms with Gasteiger partial charge in [-0.3, -0.25) is 0 Å². The number of halogens is 1. The maximum absolute atomic E-state index is 12.6. The van der Waals surface area contributed by atoms with Gasteiger partial charge in [0.1, 0.15) is 5.75 Å². The van der Waals surface area contributed by atoms with Gasteiger partial charge in [0.05, 0.1) is 29.4 Å². The summed E-state index contributed by atoms with van der Waals surface area (Å²) >= 11 is 6.12. The Labute approximate surface area is 145 Å². The van der Waals surface area contributed by atoms with Crippen LogP contribution in [0.1, 0.15) is 5.56 Å². The lowest BCUT2D eigenvalue weighted by Gasteiger charge is -2.05. The summed E-state index contributed by atoms with van der Waals surface area (Å²) in [6, 6.07) is 11.9. The molecule has 0 amide bonds. The summed E-state index contributed by atoms with van der Waals surface area (Å²) in [5.41, 5.74) is 2.39. The van der Waals surface area contributed by atoms with Crippen LogP contribution in [0.25, 0.3) is 11.1 Å². The average Bonchev–Trinajstić information content (AvgIpc) is 3.06. The Morgan fingerprint density at radius 2 is 1.79 bits per heavy atom. The molecule has 0 unspecified atom stereocenters. The predicted molar refractivity (Wildman–Crippen MR) is 93.0 cm³/mol. The first-order valence-electron chi connectivity index (χ1n) is 7.12. The molecule has 0 aliphatic carbocycles. The fourth-order valence-corrected chi connectivity index (χ4v) is 3.63. The molecule has 0 saturated carbocycles. The standard InChI is InChI=1S/C17H15ClN2O3S/c1-12-3-6-15(7-4-12)24(21,22)20-11-14(10-19-20)13-5-8-17(23-2)16(18)9-13/h3-11H,1-2H3. The highest BCUT2D eigenvalue weighted by Gasteiger charge is 2.18. The largest absolute Gasteiger partial charge is 0.495 e. The van der Waals surface area contributed by atoms with Crippen LogP contribution in [-0.2, 0) is 10.0 Å². The second kappa shape index (κ2) is 6.30. The minimum atomic E-state index is -3.72. The molecule has 0 fully saturated rings.